The predicted octanol–water partition coefficient (Wildman–Crippen LogP) is 0.0372. The molecule has 1 atom stereocenters. The molecule has 3 rings (SSSR count). The number of hydrogen-bond donors (Lipinski definition) is 1. The molecule has 3 fully saturated rings. The van der Waals surface area contributed by atoms with Gasteiger partial charge in [0.15, 0.2) is 5.79 Å². The van der Waals surface area contributed by atoms with Gasteiger partial charge in [-0.3, -0.25) is 9.59 Å². The largest absolute Gasteiger partial charge is 0.376 e. The summed E-state index contributed by atoms with van der Waals surface area (Å²) in [5.74, 6) is -0.842. The van der Waals surface area contributed by atoms with Crippen molar-refractivity contribution >= 4 is 11.8 Å². The van der Waals surface area contributed by atoms with Gasteiger partial charge in [0, 0.05) is 39.1 Å². The van der Waals surface area contributed by atoms with Gasteiger partial charge in [-0.2, -0.15) is 0 Å². The molecule has 1 unspecified atom stereocenters. The second kappa shape index (κ2) is 6.93. The van der Waals surface area contributed by atoms with Crippen LogP contribution < -0.4 is 5.32 Å². The third-order valence-corrected chi connectivity index (χ3v) is 4.55. The third-order valence-electron chi connectivity index (χ3n) is 4.55. The number of piperidine rings is 1. The summed E-state index contributed by atoms with van der Waals surface area (Å²) in [5.41, 5.74) is 0. The van der Waals surface area contributed by atoms with Crippen molar-refractivity contribution in [2.75, 3.05) is 39.5 Å². The zero-order chi connectivity index (χ0) is 15.4. The number of ether oxygens (including phenoxy) is 3. The molecule has 3 aliphatic heterocycles. The second-order valence-corrected chi connectivity index (χ2v) is 6.10. The lowest BCUT2D eigenvalue weighted by atomic mass is 10.0. The summed E-state index contributed by atoms with van der Waals surface area (Å²) < 4.78 is 16.7. The van der Waals surface area contributed by atoms with Gasteiger partial charge in [0.05, 0.1) is 19.3 Å². The fourth-order valence-electron chi connectivity index (χ4n) is 3.23. The van der Waals surface area contributed by atoms with Crippen LogP contribution in [0.3, 0.4) is 0 Å². The van der Waals surface area contributed by atoms with Gasteiger partial charge in [-0.05, 0) is 12.8 Å². The molecule has 7 heteroatoms. The molecule has 2 amide bonds. The number of amides is 2. The van der Waals surface area contributed by atoms with Crippen LogP contribution >= 0.6 is 0 Å². The van der Waals surface area contributed by atoms with Crippen molar-refractivity contribution in [3.05, 3.63) is 0 Å². The van der Waals surface area contributed by atoms with Crippen molar-refractivity contribution < 1.29 is 23.8 Å². The van der Waals surface area contributed by atoms with E-state index in [4.69, 9.17) is 14.2 Å². The van der Waals surface area contributed by atoms with Gasteiger partial charge < -0.3 is 24.4 Å². The van der Waals surface area contributed by atoms with Crippen molar-refractivity contribution in [1.82, 2.24) is 10.2 Å². The molecule has 0 aromatic carbocycles. The maximum absolute atomic E-state index is 12.2. The van der Waals surface area contributed by atoms with Crippen molar-refractivity contribution in [3.8, 4) is 0 Å². The Hall–Kier alpha value is -1.18. The monoisotopic (exact) mass is 312 g/mol. The van der Waals surface area contributed by atoms with Crippen LogP contribution in [0.5, 0.6) is 0 Å². The lowest BCUT2D eigenvalue weighted by Gasteiger charge is -2.37. The highest BCUT2D eigenvalue weighted by atomic mass is 16.7. The number of carbonyl (C=O) groups is 2. The van der Waals surface area contributed by atoms with Crippen LogP contribution in [0, 0.1) is 0 Å². The third kappa shape index (κ3) is 3.77. The lowest BCUT2D eigenvalue weighted by Crippen LogP contribution is -2.48. The standard InChI is InChI=1S/C15H24N2O5/c18-13(16-11-12-2-1-7-20-12)10-14(19)17-5-3-15(4-6-17)21-8-9-22-15/h12H,1-11H2,(H,16,18). The first-order chi connectivity index (χ1) is 10.7. The Morgan fingerprint density at radius 1 is 1.14 bits per heavy atom. The fraction of sp³-hybridized carbons (Fsp3) is 0.867. The summed E-state index contributed by atoms with van der Waals surface area (Å²) >= 11 is 0. The summed E-state index contributed by atoms with van der Waals surface area (Å²) in [6.07, 6.45) is 3.38. The van der Waals surface area contributed by atoms with Gasteiger partial charge in [-0.15, -0.1) is 0 Å². The molecule has 3 heterocycles. The van der Waals surface area contributed by atoms with E-state index in [1.165, 1.54) is 0 Å². The Bertz CT molecular complexity index is 406. The smallest absolute Gasteiger partial charge is 0.232 e. The lowest BCUT2D eigenvalue weighted by molar-refractivity contribution is -0.187. The van der Waals surface area contributed by atoms with Crippen LogP contribution in [0.2, 0.25) is 0 Å². The Kier molecular flexibility index (Phi) is 4.95. The number of nitrogens with zero attached hydrogens (tertiary/aromatic N) is 1. The van der Waals surface area contributed by atoms with Gasteiger partial charge in [-0.25, -0.2) is 0 Å². The minimum atomic E-state index is -0.487. The molecule has 1 spiro atoms. The number of likely N-dealkylation sites (tertiary alicyclic amines) is 1. The summed E-state index contributed by atoms with van der Waals surface area (Å²) in [6, 6.07) is 0. The quantitative estimate of drug-likeness (QED) is 0.742. The van der Waals surface area contributed by atoms with Crippen LogP contribution in [0.25, 0.3) is 0 Å². The molecule has 0 radical (unpaired) electrons. The minimum absolute atomic E-state index is 0.0958. The molecule has 3 saturated heterocycles. The van der Waals surface area contributed by atoms with Gasteiger partial charge in [0.1, 0.15) is 6.42 Å². The maximum Gasteiger partial charge on any atom is 0.232 e. The second-order valence-electron chi connectivity index (χ2n) is 6.10. The van der Waals surface area contributed by atoms with Crippen LogP contribution in [0.15, 0.2) is 0 Å². The molecule has 1 N–H and O–H groups in total. The highest BCUT2D eigenvalue weighted by Crippen LogP contribution is 2.31. The Labute approximate surface area is 130 Å². The van der Waals surface area contributed by atoms with E-state index in [2.05, 4.69) is 5.32 Å². The highest BCUT2D eigenvalue weighted by molar-refractivity contribution is 5.96. The minimum Gasteiger partial charge on any atom is -0.376 e. The van der Waals surface area contributed by atoms with Crippen LogP contribution in [-0.2, 0) is 23.8 Å². The molecular weight excluding hydrogens is 288 g/mol. The van der Waals surface area contributed by atoms with E-state index in [0.717, 1.165) is 19.4 Å². The molecule has 0 aromatic heterocycles. The average molecular weight is 312 g/mol. The highest BCUT2D eigenvalue weighted by Gasteiger charge is 2.40. The van der Waals surface area contributed by atoms with Crippen molar-refractivity contribution in [1.29, 1.82) is 0 Å². The topological polar surface area (TPSA) is 77.1 Å². The van der Waals surface area contributed by atoms with Crippen molar-refractivity contribution in [2.45, 2.75) is 44.0 Å². The van der Waals surface area contributed by atoms with E-state index < -0.39 is 5.79 Å². The summed E-state index contributed by atoms with van der Waals surface area (Å²) in [7, 11) is 0. The maximum atomic E-state index is 12.2. The Morgan fingerprint density at radius 2 is 1.86 bits per heavy atom. The molecule has 0 saturated carbocycles. The van der Waals surface area contributed by atoms with E-state index in [0.29, 0.717) is 45.7 Å². The normalized spacial score (nSPS) is 27.3. The number of hydrogen-bond acceptors (Lipinski definition) is 5. The van der Waals surface area contributed by atoms with Crippen LogP contribution in [-0.4, -0.2) is 68.1 Å². The van der Waals surface area contributed by atoms with E-state index >= 15 is 0 Å². The molecule has 22 heavy (non-hydrogen) atoms. The zero-order valence-corrected chi connectivity index (χ0v) is 12.8. The van der Waals surface area contributed by atoms with Crippen LogP contribution in [0.1, 0.15) is 32.1 Å². The first-order valence-electron chi connectivity index (χ1n) is 8.11. The van der Waals surface area contributed by atoms with E-state index in [1.54, 1.807) is 4.90 Å². The molecule has 3 aliphatic rings. The summed E-state index contributed by atoms with van der Waals surface area (Å²) in [5, 5.41) is 2.78. The predicted molar refractivity (Wildman–Crippen MR) is 77.0 cm³/mol. The first kappa shape index (κ1) is 15.7. The summed E-state index contributed by atoms with van der Waals surface area (Å²) in [4.78, 5) is 25.7. The van der Waals surface area contributed by atoms with Gasteiger partial charge in [-0.1, -0.05) is 0 Å². The zero-order valence-electron chi connectivity index (χ0n) is 12.8. The van der Waals surface area contributed by atoms with Crippen molar-refractivity contribution in [2.24, 2.45) is 0 Å². The van der Waals surface area contributed by atoms with Gasteiger partial charge in [0.2, 0.25) is 11.8 Å². The Balaban J connectivity index is 1.37. The number of nitrogens with one attached hydrogen (secondary N) is 1. The van der Waals surface area contributed by atoms with Gasteiger partial charge >= 0.3 is 0 Å². The first-order valence-corrected chi connectivity index (χ1v) is 8.11. The molecule has 7 nitrogen and oxygen atoms in total. The Morgan fingerprint density at radius 3 is 2.50 bits per heavy atom. The SMILES string of the molecule is O=C(CC(=O)N1CCC2(CC1)OCCO2)NCC1CCCO1. The van der Waals surface area contributed by atoms with E-state index in [-0.39, 0.29) is 24.3 Å². The number of rotatable bonds is 4. The van der Waals surface area contributed by atoms with E-state index in [1.807, 2.05) is 0 Å². The van der Waals surface area contributed by atoms with E-state index in [9.17, 15) is 9.59 Å². The molecule has 0 aliphatic carbocycles. The van der Waals surface area contributed by atoms with Gasteiger partial charge in [0.25, 0.3) is 0 Å². The van der Waals surface area contributed by atoms with Crippen LogP contribution in [0.4, 0.5) is 0 Å². The summed E-state index contributed by atoms with van der Waals surface area (Å²) in [6.45, 7) is 3.67. The number of carbonyl (C=O) groups excluding carboxylic acids is 2. The molecule has 124 valence electrons. The van der Waals surface area contributed by atoms with Crippen molar-refractivity contribution in [3.63, 3.8) is 0 Å². The average Bonchev–Trinajstić information content (AvgIpc) is 3.18. The molecule has 0 bridgehead atoms. The fourth-order valence-corrected chi connectivity index (χ4v) is 3.23. The molecule has 0 aromatic rings. The molecular formula is C15H24N2O5.